The van der Waals surface area contributed by atoms with Crippen LogP contribution in [0, 0.1) is 5.82 Å². The average molecular weight is 363 g/mol. The van der Waals surface area contributed by atoms with E-state index in [1.54, 1.807) is 12.1 Å². The van der Waals surface area contributed by atoms with Crippen LogP contribution in [0.15, 0.2) is 18.2 Å². The molecule has 3 nitrogen and oxygen atoms in total. The predicted molar refractivity (Wildman–Crippen MR) is 88.6 cm³/mol. The monoisotopic (exact) mass is 362 g/mol. The number of hydrogen-bond acceptors (Lipinski definition) is 2. The fraction of sp³-hybridized carbons (Fsp3) is 0.588. The molecule has 1 N–H and O–H groups in total. The van der Waals surface area contributed by atoms with Gasteiger partial charge in [0.15, 0.2) is 0 Å². The molecule has 0 bridgehead atoms. The van der Waals surface area contributed by atoms with Gasteiger partial charge in [0.1, 0.15) is 5.82 Å². The van der Waals surface area contributed by atoms with E-state index in [0.29, 0.717) is 0 Å². The summed E-state index contributed by atoms with van der Waals surface area (Å²) >= 11 is 0. The molecule has 0 unspecified atom stereocenters. The maximum absolute atomic E-state index is 14.1. The lowest BCUT2D eigenvalue weighted by atomic mass is 9.89. The van der Waals surface area contributed by atoms with Gasteiger partial charge in [0, 0.05) is 13.0 Å². The molecular weight excluding hydrogens is 341 g/mol. The van der Waals surface area contributed by atoms with Gasteiger partial charge in [0.05, 0.1) is 12.1 Å². The summed E-state index contributed by atoms with van der Waals surface area (Å²) in [4.78, 5) is 13.6. The number of halogens is 4. The van der Waals surface area contributed by atoms with E-state index in [-0.39, 0.29) is 43.3 Å². The number of hydrogen-bond donors (Lipinski definition) is 1. The van der Waals surface area contributed by atoms with E-state index in [9.17, 15) is 18.0 Å². The molecule has 0 aromatic heterocycles. The first kappa shape index (κ1) is 19.1. The molecule has 1 amide bonds. The van der Waals surface area contributed by atoms with Crippen LogP contribution in [0.2, 0.25) is 0 Å². The first-order chi connectivity index (χ1) is 11.0. The van der Waals surface area contributed by atoms with Crippen molar-refractivity contribution < 1.29 is 18.0 Å². The highest BCUT2D eigenvalue weighted by Crippen LogP contribution is 2.30. The molecule has 0 saturated carbocycles. The van der Waals surface area contributed by atoms with Gasteiger partial charge in [-0.05, 0) is 56.0 Å². The third-order valence-electron chi connectivity index (χ3n) is 4.71. The number of likely N-dealkylation sites (tertiary alicyclic amines) is 1. The smallest absolute Gasteiger partial charge is 0.265 e. The Balaban J connectivity index is 0.00000208. The van der Waals surface area contributed by atoms with E-state index in [1.807, 2.05) is 0 Å². The van der Waals surface area contributed by atoms with Crippen LogP contribution in [-0.4, -0.2) is 42.9 Å². The summed E-state index contributed by atoms with van der Waals surface area (Å²) in [6.45, 7) is 1.42. The van der Waals surface area contributed by atoms with Crippen LogP contribution in [0.5, 0.6) is 0 Å². The molecule has 2 aliphatic heterocycles. The lowest BCUT2D eigenvalue weighted by Gasteiger charge is -2.32. The fourth-order valence-electron chi connectivity index (χ4n) is 3.43. The van der Waals surface area contributed by atoms with Gasteiger partial charge in [0.25, 0.3) is 11.8 Å². The third-order valence-corrected chi connectivity index (χ3v) is 4.71. The molecule has 1 aromatic rings. The summed E-state index contributed by atoms with van der Waals surface area (Å²) in [5.41, 5.74) is 0.832. The number of carbonyl (C=O) groups excluding carboxylic acids is 1. The fourth-order valence-corrected chi connectivity index (χ4v) is 3.43. The molecule has 2 saturated heterocycles. The normalized spacial score (nSPS) is 21.2. The summed E-state index contributed by atoms with van der Waals surface area (Å²) in [6.07, 6.45) is 1.89. The highest BCUT2D eigenvalue weighted by Gasteiger charge is 2.37. The molecule has 0 aliphatic carbocycles. The van der Waals surface area contributed by atoms with Gasteiger partial charge in [-0.2, -0.15) is 0 Å². The number of carbonyl (C=O) groups is 1. The Kier molecular flexibility index (Phi) is 6.15. The number of benzene rings is 1. The Bertz CT molecular complexity index is 591. The minimum atomic E-state index is -2.88. The Morgan fingerprint density at radius 1 is 1.25 bits per heavy atom. The van der Waals surface area contributed by atoms with Crippen LogP contribution in [0.25, 0.3) is 0 Å². The van der Waals surface area contributed by atoms with Gasteiger partial charge in [0.2, 0.25) is 0 Å². The lowest BCUT2D eigenvalue weighted by molar-refractivity contribution is -0.0561. The minimum Gasteiger partial charge on any atom is -0.333 e. The number of amides is 1. The standard InChI is InChI=1S/C17H21F3N2O.ClH/c18-15-3-2-13(12-4-7-21-8-5-12)10-14(15)16(23)22-9-1-6-17(19,20)11-22;/h2-3,10,12,21H,1,4-9,11H2;1H. The second kappa shape index (κ2) is 7.74. The zero-order chi connectivity index (χ0) is 16.4. The van der Waals surface area contributed by atoms with E-state index < -0.39 is 24.2 Å². The molecule has 0 spiro atoms. The second-order valence-electron chi connectivity index (χ2n) is 6.45. The quantitative estimate of drug-likeness (QED) is 0.872. The van der Waals surface area contributed by atoms with Crippen LogP contribution in [0.1, 0.15) is 47.5 Å². The topological polar surface area (TPSA) is 32.3 Å². The summed E-state index contributed by atoms with van der Waals surface area (Å²) in [5, 5.41) is 3.26. The van der Waals surface area contributed by atoms with Crippen molar-refractivity contribution in [3.05, 3.63) is 35.1 Å². The molecule has 0 atom stereocenters. The number of nitrogens with one attached hydrogen (secondary N) is 1. The molecule has 0 radical (unpaired) electrons. The molecule has 2 fully saturated rings. The Labute approximate surface area is 146 Å². The maximum Gasteiger partial charge on any atom is 0.265 e. The van der Waals surface area contributed by atoms with Crippen LogP contribution >= 0.6 is 12.4 Å². The predicted octanol–water partition coefficient (Wildman–Crippen LogP) is 3.59. The van der Waals surface area contributed by atoms with Crippen molar-refractivity contribution in [1.29, 1.82) is 0 Å². The van der Waals surface area contributed by atoms with Crippen molar-refractivity contribution in [1.82, 2.24) is 10.2 Å². The SMILES string of the molecule is Cl.O=C(c1cc(C2CCNCC2)ccc1F)N1CCCC(F)(F)C1. The van der Waals surface area contributed by atoms with Crippen molar-refractivity contribution in [2.45, 2.75) is 37.5 Å². The second-order valence-corrected chi connectivity index (χ2v) is 6.45. The zero-order valence-corrected chi connectivity index (χ0v) is 14.2. The van der Waals surface area contributed by atoms with Gasteiger partial charge in [-0.1, -0.05) is 6.07 Å². The first-order valence-corrected chi connectivity index (χ1v) is 8.13. The van der Waals surface area contributed by atoms with E-state index in [4.69, 9.17) is 0 Å². The molecular formula is C17H22ClF3N2O. The molecule has 3 rings (SSSR count). The largest absolute Gasteiger partial charge is 0.333 e. The lowest BCUT2D eigenvalue weighted by Crippen LogP contribution is -2.45. The molecule has 1 aromatic carbocycles. The van der Waals surface area contributed by atoms with Crippen molar-refractivity contribution in [2.24, 2.45) is 0 Å². The van der Waals surface area contributed by atoms with E-state index >= 15 is 0 Å². The minimum absolute atomic E-state index is 0. The molecule has 24 heavy (non-hydrogen) atoms. The third kappa shape index (κ3) is 4.22. The van der Waals surface area contributed by atoms with E-state index in [0.717, 1.165) is 36.4 Å². The van der Waals surface area contributed by atoms with Crippen LogP contribution < -0.4 is 5.32 Å². The summed E-state index contributed by atoms with van der Waals surface area (Å²) in [7, 11) is 0. The average Bonchev–Trinajstić information content (AvgIpc) is 2.54. The maximum atomic E-state index is 14.1. The van der Waals surface area contributed by atoms with E-state index in [1.165, 1.54) is 6.07 Å². The first-order valence-electron chi connectivity index (χ1n) is 8.13. The summed E-state index contributed by atoms with van der Waals surface area (Å²) in [5.74, 6) is -3.86. The Morgan fingerprint density at radius 3 is 2.62 bits per heavy atom. The molecule has 2 heterocycles. The van der Waals surface area contributed by atoms with E-state index in [2.05, 4.69) is 5.32 Å². The van der Waals surface area contributed by atoms with Gasteiger partial charge >= 0.3 is 0 Å². The van der Waals surface area contributed by atoms with Crippen molar-refractivity contribution >= 4 is 18.3 Å². The summed E-state index contributed by atoms with van der Waals surface area (Å²) in [6, 6.07) is 4.54. The van der Waals surface area contributed by atoms with Crippen molar-refractivity contribution in [2.75, 3.05) is 26.2 Å². The Hall–Kier alpha value is -1.27. The van der Waals surface area contributed by atoms with Gasteiger partial charge in [-0.25, -0.2) is 13.2 Å². The number of nitrogens with zero attached hydrogens (tertiary/aromatic N) is 1. The van der Waals surface area contributed by atoms with Gasteiger partial charge < -0.3 is 10.2 Å². The van der Waals surface area contributed by atoms with Crippen molar-refractivity contribution in [3.8, 4) is 0 Å². The zero-order valence-electron chi connectivity index (χ0n) is 13.4. The van der Waals surface area contributed by atoms with Crippen LogP contribution in [0.4, 0.5) is 13.2 Å². The highest BCUT2D eigenvalue weighted by atomic mass is 35.5. The number of alkyl halides is 2. The Morgan fingerprint density at radius 2 is 1.96 bits per heavy atom. The molecule has 2 aliphatic rings. The van der Waals surface area contributed by atoms with Crippen molar-refractivity contribution in [3.63, 3.8) is 0 Å². The van der Waals surface area contributed by atoms with Gasteiger partial charge in [-0.15, -0.1) is 12.4 Å². The number of piperidine rings is 2. The summed E-state index contributed by atoms with van der Waals surface area (Å²) < 4.78 is 41.1. The number of rotatable bonds is 2. The molecule has 134 valence electrons. The highest BCUT2D eigenvalue weighted by molar-refractivity contribution is 5.94. The molecule has 7 heteroatoms. The van der Waals surface area contributed by atoms with Crippen LogP contribution in [0.3, 0.4) is 0 Å². The van der Waals surface area contributed by atoms with Gasteiger partial charge in [-0.3, -0.25) is 4.79 Å². The van der Waals surface area contributed by atoms with Crippen LogP contribution in [-0.2, 0) is 0 Å².